The zero-order chi connectivity index (χ0) is 25.1. The van der Waals surface area contributed by atoms with E-state index in [1.54, 1.807) is 13.0 Å². The quantitative estimate of drug-likeness (QED) is 0.497. The van der Waals surface area contributed by atoms with Gasteiger partial charge in [0, 0.05) is 25.2 Å². The van der Waals surface area contributed by atoms with Gasteiger partial charge in [-0.25, -0.2) is 4.98 Å². The minimum absolute atomic E-state index is 0.203. The zero-order valence-electron chi connectivity index (χ0n) is 20.8. The van der Waals surface area contributed by atoms with Crippen molar-refractivity contribution < 1.29 is 9.59 Å². The highest BCUT2D eigenvalue weighted by molar-refractivity contribution is 5.99. The van der Waals surface area contributed by atoms with Gasteiger partial charge in [-0.05, 0) is 69.0 Å². The summed E-state index contributed by atoms with van der Waals surface area (Å²) in [5, 5.41) is 6.19. The van der Waals surface area contributed by atoms with Gasteiger partial charge in [0.2, 0.25) is 11.8 Å². The van der Waals surface area contributed by atoms with E-state index in [9.17, 15) is 14.4 Å². The summed E-state index contributed by atoms with van der Waals surface area (Å²) in [4.78, 5) is 44.8. The van der Waals surface area contributed by atoms with Gasteiger partial charge in [-0.1, -0.05) is 36.8 Å². The fraction of sp³-hybridized carbons (Fsp3) is 0.429. The van der Waals surface area contributed by atoms with Gasteiger partial charge < -0.3 is 10.2 Å². The van der Waals surface area contributed by atoms with E-state index in [1.807, 2.05) is 12.1 Å². The van der Waals surface area contributed by atoms with Gasteiger partial charge in [0.05, 0.1) is 10.9 Å². The van der Waals surface area contributed by atoms with E-state index >= 15 is 0 Å². The smallest absolute Gasteiger partial charge is 0.264 e. The molecule has 2 aliphatic rings. The third kappa shape index (κ3) is 5.18. The molecule has 188 valence electrons. The number of likely N-dealkylation sites (tertiary alicyclic amines) is 1. The molecule has 2 fully saturated rings. The average molecular weight is 488 g/mol. The Hall–Kier alpha value is -3.52. The van der Waals surface area contributed by atoms with Crippen molar-refractivity contribution in [2.24, 2.45) is 0 Å². The van der Waals surface area contributed by atoms with Gasteiger partial charge in [0.15, 0.2) is 0 Å². The summed E-state index contributed by atoms with van der Waals surface area (Å²) in [6, 6.07) is 13.4. The molecule has 1 atom stereocenters. The lowest BCUT2D eigenvalue weighted by atomic mass is 10.0. The highest BCUT2D eigenvalue weighted by Gasteiger charge is 2.30. The van der Waals surface area contributed by atoms with Crippen molar-refractivity contribution in [3.63, 3.8) is 0 Å². The SMILES string of the molecule is Cc1nc2cccc(NCc3ccc(CCN4CCCCC4)cc3)c2c(=O)n1C1CCC(=O)NC1=O. The summed E-state index contributed by atoms with van der Waals surface area (Å²) in [6.07, 6.45) is 5.53. The van der Waals surface area contributed by atoms with Gasteiger partial charge in [-0.15, -0.1) is 0 Å². The number of fused-ring (bicyclic) bond motifs is 1. The van der Waals surface area contributed by atoms with Crippen LogP contribution in [-0.4, -0.2) is 45.9 Å². The number of hydrogen-bond donors (Lipinski definition) is 2. The number of nitrogens with one attached hydrogen (secondary N) is 2. The highest BCUT2D eigenvalue weighted by atomic mass is 16.2. The Balaban J connectivity index is 1.32. The molecule has 3 heterocycles. The maximum atomic E-state index is 13.6. The minimum Gasteiger partial charge on any atom is -0.380 e. The summed E-state index contributed by atoms with van der Waals surface area (Å²) >= 11 is 0. The van der Waals surface area contributed by atoms with E-state index in [2.05, 4.69) is 44.8 Å². The van der Waals surface area contributed by atoms with Crippen LogP contribution >= 0.6 is 0 Å². The van der Waals surface area contributed by atoms with E-state index in [0.717, 1.165) is 18.5 Å². The lowest BCUT2D eigenvalue weighted by molar-refractivity contribution is -0.135. The molecule has 1 aromatic heterocycles. The predicted octanol–water partition coefficient (Wildman–Crippen LogP) is 3.32. The van der Waals surface area contributed by atoms with E-state index in [4.69, 9.17) is 0 Å². The normalized spacial score (nSPS) is 18.9. The predicted molar refractivity (Wildman–Crippen MR) is 140 cm³/mol. The van der Waals surface area contributed by atoms with Crippen molar-refractivity contribution in [2.75, 3.05) is 25.0 Å². The Kier molecular flexibility index (Phi) is 7.13. The number of imide groups is 1. The van der Waals surface area contributed by atoms with Gasteiger partial charge in [0.1, 0.15) is 11.9 Å². The van der Waals surface area contributed by atoms with Crippen LogP contribution in [0.1, 0.15) is 55.1 Å². The first-order valence-corrected chi connectivity index (χ1v) is 12.9. The number of carbonyl (C=O) groups excluding carboxylic acids is 2. The molecule has 36 heavy (non-hydrogen) atoms. The summed E-state index contributed by atoms with van der Waals surface area (Å²) < 4.78 is 1.42. The number of aryl methyl sites for hydroxylation is 1. The third-order valence-electron chi connectivity index (χ3n) is 7.30. The number of carbonyl (C=O) groups is 2. The summed E-state index contributed by atoms with van der Waals surface area (Å²) in [5.41, 5.74) is 3.45. The van der Waals surface area contributed by atoms with Crippen LogP contribution in [0.5, 0.6) is 0 Å². The first-order chi connectivity index (χ1) is 17.5. The zero-order valence-corrected chi connectivity index (χ0v) is 20.8. The van der Waals surface area contributed by atoms with E-state index < -0.39 is 11.9 Å². The molecule has 2 N–H and O–H groups in total. The van der Waals surface area contributed by atoms with Crippen LogP contribution in [0.4, 0.5) is 5.69 Å². The van der Waals surface area contributed by atoms with Crippen LogP contribution in [0.15, 0.2) is 47.3 Å². The number of amides is 2. The maximum absolute atomic E-state index is 13.6. The first-order valence-electron chi connectivity index (χ1n) is 12.9. The molecule has 2 aromatic carbocycles. The molecule has 1 unspecified atom stereocenters. The third-order valence-corrected chi connectivity index (χ3v) is 7.30. The minimum atomic E-state index is -0.738. The molecule has 8 nitrogen and oxygen atoms in total. The molecule has 8 heteroatoms. The van der Waals surface area contributed by atoms with Crippen molar-refractivity contribution >= 4 is 28.4 Å². The van der Waals surface area contributed by atoms with Crippen LogP contribution < -0.4 is 16.2 Å². The average Bonchev–Trinajstić information content (AvgIpc) is 2.88. The number of rotatable bonds is 7. The maximum Gasteiger partial charge on any atom is 0.264 e. The standard InChI is InChI=1S/C28H33N5O3/c1-19-30-23-7-5-6-22(26(23)28(36)33(19)24-12-13-25(34)31-27(24)35)29-18-21-10-8-20(9-11-21)14-17-32-15-3-2-4-16-32/h5-11,24,29H,2-4,12-18H2,1H3,(H,31,34,35). The van der Waals surface area contributed by atoms with Crippen molar-refractivity contribution in [3.05, 3.63) is 69.8 Å². The molecule has 0 bridgehead atoms. The van der Waals surface area contributed by atoms with E-state index in [-0.39, 0.29) is 24.3 Å². The van der Waals surface area contributed by atoms with Gasteiger partial charge >= 0.3 is 0 Å². The lowest BCUT2D eigenvalue weighted by Crippen LogP contribution is -2.45. The fourth-order valence-electron chi connectivity index (χ4n) is 5.29. The second-order valence-electron chi connectivity index (χ2n) is 9.82. The van der Waals surface area contributed by atoms with Crippen LogP contribution in [-0.2, 0) is 22.6 Å². The lowest BCUT2D eigenvalue weighted by Gasteiger charge is -2.26. The molecule has 2 saturated heterocycles. The Labute approximate surface area is 210 Å². The van der Waals surface area contributed by atoms with Gasteiger partial charge in [-0.3, -0.25) is 24.3 Å². The second kappa shape index (κ2) is 10.6. The molecular weight excluding hydrogens is 454 g/mol. The fourth-order valence-corrected chi connectivity index (χ4v) is 5.29. The number of benzene rings is 2. The number of hydrogen-bond acceptors (Lipinski definition) is 6. The Bertz CT molecular complexity index is 1330. The van der Waals surface area contributed by atoms with E-state index in [1.165, 1.54) is 42.5 Å². The van der Waals surface area contributed by atoms with Crippen LogP contribution in [0, 0.1) is 6.92 Å². The Morgan fingerprint density at radius 3 is 2.50 bits per heavy atom. The Morgan fingerprint density at radius 2 is 1.75 bits per heavy atom. The molecule has 2 amide bonds. The largest absolute Gasteiger partial charge is 0.380 e. The van der Waals surface area contributed by atoms with Crippen molar-refractivity contribution in [2.45, 2.75) is 58.0 Å². The summed E-state index contributed by atoms with van der Waals surface area (Å²) in [7, 11) is 0. The van der Waals surface area contributed by atoms with Crippen molar-refractivity contribution in [1.29, 1.82) is 0 Å². The number of piperidine rings is 2. The second-order valence-corrected chi connectivity index (χ2v) is 9.82. The number of aromatic nitrogens is 2. The van der Waals surface area contributed by atoms with Crippen LogP contribution in [0.3, 0.4) is 0 Å². The van der Waals surface area contributed by atoms with Crippen molar-refractivity contribution in [1.82, 2.24) is 19.8 Å². The molecule has 5 rings (SSSR count). The van der Waals surface area contributed by atoms with Crippen LogP contribution in [0.2, 0.25) is 0 Å². The first kappa shape index (κ1) is 24.2. The monoisotopic (exact) mass is 487 g/mol. The van der Waals surface area contributed by atoms with Gasteiger partial charge in [-0.2, -0.15) is 0 Å². The molecule has 0 spiro atoms. The van der Waals surface area contributed by atoms with Crippen molar-refractivity contribution in [3.8, 4) is 0 Å². The molecule has 0 radical (unpaired) electrons. The topological polar surface area (TPSA) is 96.3 Å². The molecule has 0 saturated carbocycles. The molecule has 2 aliphatic heterocycles. The molecule has 3 aromatic rings. The highest BCUT2D eigenvalue weighted by Crippen LogP contribution is 2.24. The molecule has 0 aliphatic carbocycles. The summed E-state index contributed by atoms with van der Waals surface area (Å²) in [6.45, 7) is 5.83. The summed E-state index contributed by atoms with van der Waals surface area (Å²) in [5.74, 6) is -0.307. The number of anilines is 1. The molecular formula is C28H33N5O3. The van der Waals surface area contributed by atoms with Gasteiger partial charge in [0.25, 0.3) is 5.56 Å². The number of nitrogens with zero attached hydrogens (tertiary/aromatic N) is 3. The van der Waals surface area contributed by atoms with E-state index in [0.29, 0.717) is 29.0 Å². The van der Waals surface area contributed by atoms with Crippen LogP contribution in [0.25, 0.3) is 10.9 Å². The Morgan fingerprint density at radius 1 is 1.00 bits per heavy atom.